The minimum absolute atomic E-state index is 0.0767. The van der Waals surface area contributed by atoms with E-state index in [1.807, 2.05) is 0 Å². The van der Waals surface area contributed by atoms with Crippen molar-refractivity contribution in [3.05, 3.63) is 48.6 Å². The molecule has 0 bridgehead atoms. The van der Waals surface area contributed by atoms with Crippen molar-refractivity contribution in [3.8, 4) is 0 Å². The lowest BCUT2D eigenvalue weighted by Crippen LogP contribution is -2.30. The zero-order valence-corrected chi connectivity index (χ0v) is 45.4. The molecule has 396 valence electrons. The molecule has 0 saturated heterocycles. The van der Waals surface area contributed by atoms with Gasteiger partial charge in [0.05, 0.1) is 0 Å². The Hall–Kier alpha value is -2.63. The van der Waals surface area contributed by atoms with Gasteiger partial charge < -0.3 is 14.2 Å². The minimum atomic E-state index is -0.779. The highest BCUT2D eigenvalue weighted by Gasteiger charge is 2.19. The molecule has 0 spiro atoms. The fourth-order valence-electron chi connectivity index (χ4n) is 8.67. The Morgan fingerprint density at radius 1 is 0.309 bits per heavy atom. The monoisotopic (exact) mass is 953 g/mol. The first-order valence-corrected chi connectivity index (χ1v) is 29.6. The number of rotatable bonds is 54. The first-order valence-electron chi connectivity index (χ1n) is 29.6. The highest BCUT2D eigenvalue weighted by molar-refractivity contribution is 5.71. The molecule has 1 atom stereocenters. The van der Waals surface area contributed by atoms with Crippen LogP contribution >= 0.6 is 0 Å². The van der Waals surface area contributed by atoms with Crippen LogP contribution in [0.3, 0.4) is 0 Å². The Morgan fingerprint density at radius 2 is 0.574 bits per heavy atom. The van der Waals surface area contributed by atoms with E-state index >= 15 is 0 Å². The summed E-state index contributed by atoms with van der Waals surface area (Å²) in [7, 11) is 0. The molecule has 0 rings (SSSR count). The summed E-state index contributed by atoms with van der Waals surface area (Å²) in [6.45, 7) is 6.55. The normalized spacial score (nSPS) is 12.3. The average Bonchev–Trinajstić information content (AvgIpc) is 3.34. The second-order valence-electron chi connectivity index (χ2n) is 19.9. The van der Waals surface area contributed by atoms with Gasteiger partial charge in [0.1, 0.15) is 13.2 Å². The summed E-state index contributed by atoms with van der Waals surface area (Å²) < 4.78 is 16.9. The lowest BCUT2D eigenvalue weighted by Gasteiger charge is -2.18. The predicted octanol–water partition coefficient (Wildman–Crippen LogP) is 19.8. The molecule has 6 heteroatoms. The Kier molecular flexibility index (Phi) is 54.8. The third-order valence-corrected chi connectivity index (χ3v) is 13.1. The van der Waals surface area contributed by atoms with Crippen LogP contribution in [0.1, 0.15) is 310 Å². The van der Waals surface area contributed by atoms with E-state index in [-0.39, 0.29) is 31.1 Å². The smallest absolute Gasteiger partial charge is 0.306 e. The van der Waals surface area contributed by atoms with Crippen molar-refractivity contribution < 1.29 is 28.6 Å². The van der Waals surface area contributed by atoms with E-state index in [1.54, 1.807) is 0 Å². The van der Waals surface area contributed by atoms with Gasteiger partial charge in [-0.15, -0.1) is 0 Å². The van der Waals surface area contributed by atoms with Crippen molar-refractivity contribution in [2.75, 3.05) is 13.2 Å². The van der Waals surface area contributed by atoms with Crippen LogP contribution in [0.5, 0.6) is 0 Å². The van der Waals surface area contributed by atoms with E-state index in [4.69, 9.17) is 14.2 Å². The number of carbonyl (C=O) groups is 3. The highest BCUT2D eigenvalue weighted by atomic mass is 16.6. The van der Waals surface area contributed by atoms with Gasteiger partial charge in [0.25, 0.3) is 0 Å². The zero-order chi connectivity index (χ0) is 49.3. The van der Waals surface area contributed by atoms with Crippen LogP contribution < -0.4 is 0 Å². The summed E-state index contributed by atoms with van der Waals surface area (Å²) in [5.41, 5.74) is 0. The van der Waals surface area contributed by atoms with E-state index < -0.39 is 6.10 Å². The largest absolute Gasteiger partial charge is 0.462 e. The third kappa shape index (κ3) is 54.3. The summed E-state index contributed by atoms with van der Waals surface area (Å²) in [4.78, 5) is 38.1. The van der Waals surface area contributed by atoms with Crippen LogP contribution in [0, 0.1) is 0 Å². The van der Waals surface area contributed by atoms with Gasteiger partial charge in [0, 0.05) is 19.3 Å². The average molecular weight is 954 g/mol. The van der Waals surface area contributed by atoms with Gasteiger partial charge in [-0.2, -0.15) is 0 Å². The number of esters is 3. The standard InChI is InChI=1S/C62H112O6/c1-4-7-10-13-16-19-22-25-27-29-30-31-32-34-36-38-41-44-47-50-53-56-62(65)68-59(57-66-60(63)54-51-48-45-42-39-24-21-18-15-12-9-6-3)58-67-61(64)55-52-49-46-43-40-37-35-33-28-26-23-20-17-14-11-8-5-2/h8,11,17,20,26,28,35,37,59H,4-7,9-10,12-16,18-19,21-25,27,29-34,36,38-58H2,1-3H3/b11-8-,20-17-,28-26-,37-35-/t59-/m0/s1. The Labute approximate surface area is 422 Å². The van der Waals surface area contributed by atoms with Crippen LogP contribution in [-0.4, -0.2) is 37.2 Å². The molecule has 0 aliphatic rings. The summed E-state index contributed by atoms with van der Waals surface area (Å²) in [6.07, 6.45) is 69.7. The first-order chi connectivity index (χ1) is 33.5. The predicted molar refractivity (Wildman–Crippen MR) is 293 cm³/mol. The number of hydrogen-bond donors (Lipinski definition) is 0. The summed E-state index contributed by atoms with van der Waals surface area (Å²) in [6, 6.07) is 0. The van der Waals surface area contributed by atoms with Gasteiger partial charge in [-0.1, -0.05) is 281 Å². The Bertz CT molecular complexity index is 1190. The van der Waals surface area contributed by atoms with Crippen molar-refractivity contribution in [1.29, 1.82) is 0 Å². The second-order valence-corrected chi connectivity index (χ2v) is 19.9. The van der Waals surface area contributed by atoms with Gasteiger partial charge in [0.2, 0.25) is 0 Å². The van der Waals surface area contributed by atoms with Gasteiger partial charge in [-0.3, -0.25) is 14.4 Å². The van der Waals surface area contributed by atoms with E-state index in [1.165, 1.54) is 173 Å². The maximum atomic E-state index is 12.9. The zero-order valence-electron chi connectivity index (χ0n) is 45.4. The van der Waals surface area contributed by atoms with Crippen LogP contribution in [0.15, 0.2) is 48.6 Å². The van der Waals surface area contributed by atoms with Gasteiger partial charge >= 0.3 is 17.9 Å². The SMILES string of the molecule is CC/C=C\C/C=C\C/C=C\C/C=C\CCCCCCC(=O)OC[C@H](COC(=O)CCCCCCCCCCCCCC)OC(=O)CCCCCCCCCCCCCCCCCCCCCCC. The molecule has 6 nitrogen and oxygen atoms in total. The maximum absolute atomic E-state index is 12.9. The van der Waals surface area contributed by atoms with Crippen molar-refractivity contribution in [2.45, 2.75) is 316 Å². The van der Waals surface area contributed by atoms with Crippen LogP contribution in [0.25, 0.3) is 0 Å². The molecule has 0 heterocycles. The second kappa shape index (κ2) is 57.0. The number of hydrogen-bond acceptors (Lipinski definition) is 6. The van der Waals surface area contributed by atoms with Gasteiger partial charge in [-0.25, -0.2) is 0 Å². The summed E-state index contributed by atoms with van der Waals surface area (Å²) >= 11 is 0. The Balaban J connectivity index is 4.32. The number of ether oxygens (including phenoxy) is 3. The van der Waals surface area contributed by atoms with Crippen molar-refractivity contribution >= 4 is 17.9 Å². The molecule has 0 aromatic carbocycles. The number of unbranched alkanes of at least 4 members (excludes halogenated alkanes) is 35. The molecule has 0 fully saturated rings. The molecule has 0 N–H and O–H groups in total. The van der Waals surface area contributed by atoms with Crippen molar-refractivity contribution in [3.63, 3.8) is 0 Å². The van der Waals surface area contributed by atoms with E-state index in [0.717, 1.165) is 96.3 Å². The number of allylic oxidation sites excluding steroid dienone is 8. The topological polar surface area (TPSA) is 78.9 Å². The molecule has 0 unspecified atom stereocenters. The molecule has 0 aliphatic carbocycles. The lowest BCUT2D eigenvalue weighted by molar-refractivity contribution is -0.167. The lowest BCUT2D eigenvalue weighted by atomic mass is 10.0. The van der Waals surface area contributed by atoms with Crippen LogP contribution in [0.2, 0.25) is 0 Å². The van der Waals surface area contributed by atoms with Crippen molar-refractivity contribution in [1.82, 2.24) is 0 Å². The third-order valence-electron chi connectivity index (χ3n) is 13.1. The Morgan fingerprint density at radius 3 is 0.897 bits per heavy atom. The molecular formula is C62H112O6. The highest BCUT2D eigenvalue weighted by Crippen LogP contribution is 2.17. The molecule has 68 heavy (non-hydrogen) atoms. The van der Waals surface area contributed by atoms with Crippen LogP contribution in [-0.2, 0) is 28.6 Å². The molecule has 0 amide bonds. The van der Waals surface area contributed by atoms with Gasteiger partial charge in [-0.05, 0) is 57.8 Å². The van der Waals surface area contributed by atoms with Crippen molar-refractivity contribution in [2.24, 2.45) is 0 Å². The minimum Gasteiger partial charge on any atom is -0.462 e. The molecule has 0 saturated carbocycles. The van der Waals surface area contributed by atoms with Gasteiger partial charge in [0.15, 0.2) is 6.10 Å². The number of carbonyl (C=O) groups excluding carboxylic acids is 3. The fourth-order valence-corrected chi connectivity index (χ4v) is 8.67. The fraction of sp³-hybridized carbons (Fsp3) is 0.823. The first kappa shape index (κ1) is 65.4. The summed E-state index contributed by atoms with van der Waals surface area (Å²) in [5, 5.41) is 0. The maximum Gasteiger partial charge on any atom is 0.306 e. The molecule has 0 aromatic rings. The van der Waals surface area contributed by atoms with E-state index in [0.29, 0.717) is 19.3 Å². The molecule has 0 aromatic heterocycles. The van der Waals surface area contributed by atoms with Crippen LogP contribution in [0.4, 0.5) is 0 Å². The molecule has 0 radical (unpaired) electrons. The van der Waals surface area contributed by atoms with E-state index in [9.17, 15) is 14.4 Å². The summed E-state index contributed by atoms with van der Waals surface area (Å²) in [5.74, 6) is -0.884. The molecular weight excluding hydrogens is 841 g/mol. The van der Waals surface area contributed by atoms with E-state index in [2.05, 4.69) is 69.4 Å². The molecule has 0 aliphatic heterocycles. The quantitative estimate of drug-likeness (QED) is 0.0262.